The van der Waals surface area contributed by atoms with E-state index in [-0.39, 0.29) is 31.0 Å². The van der Waals surface area contributed by atoms with Crippen LogP contribution in [0.25, 0.3) is 0 Å². The Balaban J connectivity index is 1.92. The van der Waals surface area contributed by atoms with Crippen molar-refractivity contribution < 1.29 is 14.3 Å². The molecule has 0 saturated carbocycles. The van der Waals surface area contributed by atoms with E-state index in [4.69, 9.17) is 16.3 Å². The lowest BCUT2D eigenvalue weighted by Gasteiger charge is -2.32. The Kier molecular flexibility index (Phi) is 9.11. The number of nitrogens with one attached hydrogen (secondary N) is 1. The van der Waals surface area contributed by atoms with E-state index < -0.39 is 6.04 Å². The summed E-state index contributed by atoms with van der Waals surface area (Å²) in [5.74, 6) is 0.105. The van der Waals surface area contributed by atoms with Crippen molar-refractivity contribution in [2.24, 2.45) is 0 Å². The van der Waals surface area contributed by atoms with Crippen molar-refractivity contribution in [1.82, 2.24) is 10.2 Å². The molecule has 0 spiro atoms. The smallest absolute Gasteiger partial charge is 0.261 e. The van der Waals surface area contributed by atoms with Crippen LogP contribution in [0.4, 0.5) is 0 Å². The van der Waals surface area contributed by atoms with Gasteiger partial charge in [-0.2, -0.15) is 0 Å². The first kappa shape index (κ1) is 25.3. The quantitative estimate of drug-likeness (QED) is 0.436. The van der Waals surface area contributed by atoms with Crippen LogP contribution in [0.1, 0.15) is 30.5 Å². The lowest BCUT2D eigenvalue weighted by atomic mass is 10.0. The summed E-state index contributed by atoms with van der Waals surface area (Å²) in [6.45, 7) is 5.77. The predicted molar refractivity (Wildman–Crippen MR) is 136 cm³/mol. The first-order chi connectivity index (χ1) is 16.3. The number of rotatable bonds is 10. The van der Waals surface area contributed by atoms with Crippen LogP contribution < -0.4 is 10.1 Å². The first-order valence-corrected chi connectivity index (χ1v) is 11.8. The molecule has 0 aliphatic heterocycles. The molecule has 0 heterocycles. The zero-order valence-corrected chi connectivity index (χ0v) is 20.6. The molecule has 0 aromatic heterocycles. The number of carbonyl (C=O) groups is 2. The Hall–Kier alpha value is -3.31. The third-order valence-corrected chi connectivity index (χ3v) is 5.72. The Morgan fingerprint density at radius 2 is 1.68 bits per heavy atom. The largest absolute Gasteiger partial charge is 0.484 e. The van der Waals surface area contributed by atoms with Crippen LogP contribution in [0.5, 0.6) is 5.75 Å². The second-order valence-electron chi connectivity index (χ2n) is 8.59. The number of ether oxygens (including phenoxy) is 1. The van der Waals surface area contributed by atoms with Gasteiger partial charge in [-0.05, 0) is 55.7 Å². The molecule has 34 heavy (non-hydrogen) atoms. The summed E-state index contributed by atoms with van der Waals surface area (Å²) in [6, 6.07) is 23.8. The minimum Gasteiger partial charge on any atom is -0.484 e. The van der Waals surface area contributed by atoms with Crippen LogP contribution in [-0.4, -0.2) is 35.4 Å². The Labute approximate surface area is 206 Å². The van der Waals surface area contributed by atoms with E-state index >= 15 is 0 Å². The molecule has 0 fully saturated rings. The molecule has 6 heteroatoms. The molecular formula is C28H31ClN2O3. The molecular weight excluding hydrogens is 448 g/mol. The molecule has 1 atom stereocenters. The van der Waals surface area contributed by atoms with Gasteiger partial charge < -0.3 is 15.0 Å². The molecule has 3 aromatic rings. The molecule has 2 amide bonds. The van der Waals surface area contributed by atoms with E-state index in [9.17, 15) is 9.59 Å². The Morgan fingerprint density at radius 3 is 2.35 bits per heavy atom. The van der Waals surface area contributed by atoms with E-state index in [0.29, 0.717) is 17.2 Å². The molecule has 3 aromatic carbocycles. The number of benzene rings is 3. The number of halogens is 1. The number of amides is 2. The summed E-state index contributed by atoms with van der Waals surface area (Å²) in [6.07, 6.45) is 0.375. The van der Waals surface area contributed by atoms with E-state index in [2.05, 4.69) is 5.32 Å². The molecule has 5 nitrogen and oxygen atoms in total. The van der Waals surface area contributed by atoms with Crippen molar-refractivity contribution in [3.63, 3.8) is 0 Å². The summed E-state index contributed by atoms with van der Waals surface area (Å²) < 4.78 is 5.80. The van der Waals surface area contributed by atoms with Gasteiger partial charge >= 0.3 is 0 Å². The number of aryl methyl sites for hydroxylation is 1. The molecule has 0 bridgehead atoms. The Bertz CT molecular complexity index is 1100. The molecule has 1 N–H and O–H groups in total. The van der Waals surface area contributed by atoms with Crippen LogP contribution in [-0.2, 0) is 22.6 Å². The second-order valence-corrected chi connectivity index (χ2v) is 8.99. The maximum Gasteiger partial charge on any atom is 0.261 e. The molecule has 0 aliphatic carbocycles. The van der Waals surface area contributed by atoms with Crippen molar-refractivity contribution in [3.05, 3.63) is 101 Å². The van der Waals surface area contributed by atoms with Gasteiger partial charge in [0.15, 0.2) is 6.61 Å². The van der Waals surface area contributed by atoms with E-state index in [1.54, 1.807) is 11.0 Å². The molecule has 0 aliphatic rings. The zero-order chi connectivity index (χ0) is 24.5. The van der Waals surface area contributed by atoms with E-state index in [0.717, 1.165) is 16.7 Å². The van der Waals surface area contributed by atoms with Crippen molar-refractivity contribution in [1.29, 1.82) is 0 Å². The maximum absolute atomic E-state index is 13.5. The van der Waals surface area contributed by atoms with Crippen molar-refractivity contribution in [2.75, 3.05) is 6.61 Å². The van der Waals surface area contributed by atoms with Crippen LogP contribution in [0.2, 0.25) is 5.02 Å². The fourth-order valence-corrected chi connectivity index (χ4v) is 3.87. The fourth-order valence-electron chi connectivity index (χ4n) is 3.68. The number of nitrogens with zero attached hydrogens (tertiary/aromatic N) is 1. The maximum atomic E-state index is 13.5. The fraction of sp³-hybridized carbons (Fsp3) is 0.286. The predicted octanol–water partition coefficient (Wildman–Crippen LogP) is 5.19. The van der Waals surface area contributed by atoms with Crippen LogP contribution in [0.15, 0.2) is 78.9 Å². The van der Waals surface area contributed by atoms with Crippen LogP contribution >= 0.6 is 11.6 Å². The zero-order valence-electron chi connectivity index (χ0n) is 19.8. The van der Waals surface area contributed by atoms with Gasteiger partial charge in [-0.15, -0.1) is 0 Å². The third-order valence-electron chi connectivity index (χ3n) is 5.35. The summed E-state index contributed by atoms with van der Waals surface area (Å²) in [5, 5.41) is 3.52. The van der Waals surface area contributed by atoms with Gasteiger partial charge in [-0.1, -0.05) is 72.3 Å². The standard InChI is InChI=1S/C28H31ClN2O3/c1-20(2)30-28(33)26(17-22-11-5-4-6-12-22)31(18-23-13-7-8-15-25(23)29)27(32)19-34-24-14-9-10-21(3)16-24/h4-16,20,26H,17-19H2,1-3H3,(H,30,33). The molecule has 0 saturated heterocycles. The highest BCUT2D eigenvalue weighted by Crippen LogP contribution is 2.21. The van der Waals surface area contributed by atoms with Gasteiger partial charge in [0.2, 0.25) is 5.91 Å². The van der Waals surface area contributed by atoms with Gasteiger partial charge in [0.05, 0.1) is 0 Å². The Morgan fingerprint density at radius 1 is 0.971 bits per heavy atom. The summed E-state index contributed by atoms with van der Waals surface area (Å²) >= 11 is 6.42. The highest BCUT2D eigenvalue weighted by molar-refractivity contribution is 6.31. The number of hydrogen-bond acceptors (Lipinski definition) is 3. The van der Waals surface area contributed by atoms with Crippen LogP contribution in [0, 0.1) is 6.92 Å². The lowest BCUT2D eigenvalue weighted by molar-refractivity contribution is -0.143. The summed E-state index contributed by atoms with van der Waals surface area (Å²) in [4.78, 5) is 28.4. The van der Waals surface area contributed by atoms with Crippen molar-refractivity contribution >= 4 is 23.4 Å². The van der Waals surface area contributed by atoms with Crippen molar-refractivity contribution in [2.45, 2.75) is 45.8 Å². The lowest BCUT2D eigenvalue weighted by Crippen LogP contribution is -2.52. The van der Waals surface area contributed by atoms with Gasteiger partial charge in [0, 0.05) is 24.0 Å². The van der Waals surface area contributed by atoms with Crippen molar-refractivity contribution in [3.8, 4) is 5.75 Å². The van der Waals surface area contributed by atoms with E-state index in [1.807, 2.05) is 93.6 Å². The summed E-state index contributed by atoms with van der Waals surface area (Å²) in [5.41, 5.74) is 2.77. The van der Waals surface area contributed by atoms with Gasteiger partial charge in [-0.3, -0.25) is 9.59 Å². The molecule has 3 rings (SSSR count). The minimum atomic E-state index is -0.727. The molecule has 178 valence electrons. The molecule has 1 unspecified atom stereocenters. The average Bonchev–Trinajstić information content (AvgIpc) is 2.81. The van der Waals surface area contributed by atoms with E-state index in [1.165, 1.54) is 0 Å². The highest BCUT2D eigenvalue weighted by Gasteiger charge is 2.31. The van der Waals surface area contributed by atoms with Gasteiger partial charge in [0.1, 0.15) is 11.8 Å². The molecule has 0 radical (unpaired) electrons. The second kappa shape index (κ2) is 12.2. The van der Waals surface area contributed by atoms with Crippen LogP contribution in [0.3, 0.4) is 0 Å². The number of hydrogen-bond donors (Lipinski definition) is 1. The first-order valence-electron chi connectivity index (χ1n) is 11.4. The number of carbonyl (C=O) groups excluding carboxylic acids is 2. The minimum absolute atomic E-state index is 0.0633. The summed E-state index contributed by atoms with van der Waals surface area (Å²) in [7, 11) is 0. The van der Waals surface area contributed by atoms with Gasteiger partial charge in [0.25, 0.3) is 5.91 Å². The van der Waals surface area contributed by atoms with Gasteiger partial charge in [-0.25, -0.2) is 0 Å². The normalized spacial score (nSPS) is 11.7. The highest BCUT2D eigenvalue weighted by atomic mass is 35.5. The monoisotopic (exact) mass is 478 g/mol. The topological polar surface area (TPSA) is 58.6 Å². The SMILES string of the molecule is Cc1cccc(OCC(=O)N(Cc2ccccc2Cl)C(Cc2ccccc2)C(=O)NC(C)C)c1. The average molecular weight is 479 g/mol. The third kappa shape index (κ3) is 7.35.